The van der Waals surface area contributed by atoms with Crippen molar-refractivity contribution in [3.8, 4) is 11.1 Å². The highest BCUT2D eigenvalue weighted by molar-refractivity contribution is 6.30. The number of carbonyl (C=O) groups excluding carboxylic acids is 2. The summed E-state index contributed by atoms with van der Waals surface area (Å²) in [5.41, 5.74) is 5.99. The van der Waals surface area contributed by atoms with Crippen molar-refractivity contribution in [1.29, 1.82) is 0 Å². The molecule has 10 heteroatoms. The Labute approximate surface area is 323 Å². The monoisotopic (exact) mass is 753 g/mol. The van der Waals surface area contributed by atoms with Crippen LogP contribution in [0.25, 0.3) is 11.1 Å². The van der Waals surface area contributed by atoms with Gasteiger partial charge in [0.15, 0.2) is 6.29 Å². The van der Waals surface area contributed by atoms with Gasteiger partial charge in [-0.25, -0.2) is 0 Å². The van der Waals surface area contributed by atoms with E-state index in [-0.39, 0.29) is 30.6 Å². The Morgan fingerprint density at radius 3 is 2.26 bits per heavy atom. The molecule has 2 aliphatic rings. The summed E-state index contributed by atoms with van der Waals surface area (Å²) in [4.78, 5) is 25.8. The first-order valence-electron chi connectivity index (χ1n) is 19.1. The van der Waals surface area contributed by atoms with E-state index in [1.165, 1.54) is 6.92 Å². The van der Waals surface area contributed by atoms with Gasteiger partial charge in [0.2, 0.25) is 11.8 Å². The van der Waals surface area contributed by atoms with Gasteiger partial charge in [-0.2, -0.15) is 0 Å². The lowest BCUT2D eigenvalue weighted by atomic mass is 9.84. The van der Waals surface area contributed by atoms with E-state index in [4.69, 9.17) is 21.1 Å². The predicted octanol–water partition coefficient (Wildman–Crippen LogP) is 7.34. The smallest absolute Gasteiger partial charge is 0.220 e. The number of aliphatic hydroxyl groups excluding tert-OH is 1. The first kappa shape index (κ1) is 39.6. The van der Waals surface area contributed by atoms with E-state index in [2.05, 4.69) is 51.9 Å². The van der Waals surface area contributed by atoms with Crippen molar-refractivity contribution in [1.82, 2.24) is 15.5 Å². The molecule has 4 N–H and O–H groups in total. The zero-order valence-corrected chi connectivity index (χ0v) is 31.8. The second kappa shape index (κ2) is 19.0. The van der Waals surface area contributed by atoms with E-state index in [1.54, 1.807) is 0 Å². The van der Waals surface area contributed by atoms with E-state index in [1.807, 2.05) is 60.7 Å². The van der Waals surface area contributed by atoms with Gasteiger partial charge in [0.25, 0.3) is 0 Å². The van der Waals surface area contributed by atoms with Gasteiger partial charge in [-0.1, -0.05) is 96.9 Å². The molecule has 2 heterocycles. The fourth-order valence-corrected chi connectivity index (χ4v) is 7.44. The molecule has 2 aliphatic heterocycles. The summed E-state index contributed by atoms with van der Waals surface area (Å²) in [6.07, 6.45) is 4.11. The van der Waals surface area contributed by atoms with Crippen molar-refractivity contribution in [2.75, 3.05) is 26.2 Å². The molecule has 3 atom stereocenters. The Hall–Kier alpha value is -4.09. The Bertz CT molecular complexity index is 1810. The number of benzene rings is 4. The lowest BCUT2D eigenvalue weighted by Gasteiger charge is -2.42. The van der Waals surface area contributed by atoms with Crippen LogP contribution in [0.15, 0.2) is 97.1 Å². The Balaban J connectivity index is 1.07. The average Bonchev–Trinajstić information content (AvgIpc) is 3.19. The molecule has 2 fully saturated rings. The van der Waals surface area contributed by atoms with Crippen LogP contribution in [0.2, 0.25) is 5.02 Å². The van der Waals surface area contributed by atoms with Crippen LogP contribution in [0.4, 0.5) is 0 Å². The van der Waals surface area contributed by atoms with E-state index in [0.717, 1.165) is 77.8 Å². The number of hydrogen-bond acceptors (Lipinski definition) is 7. The number of unbranched alkanes of at least 4 members (excludes halogenated alkanes) is 2. The molecule has 0 aliphatic carbocycles. The van der Waals surface area contributed by atoms with Crippen LogP contribution in [-0.2, 0) is 37.8 Å². The summed E-state index contributed by atoms with van der Waals surface area (Å²) in [5, 5.41) is 27.5. The van der Waals surface area contributed by atoms with Crippen molar-refractivity contribution >= 4 is 23.4 Å². The van der Waals surface area contributed by atoms with Crippen LogP contribution in [-0.4, -0.2) is 59.2 Å². The lowest BCUT2D eigenvalue weighted by Crippen LogP contribution is -2.46. The number of nitrogens with one attached hydrogen (secondary N) is 2. The quantitative estimate of drug-likeness (QED) is 0.0939. The average molecular weight is 754 g/mol. The van der Waals surface area contributed by atoms with E-state index in [0.29, 0.717) is 43.8 Å². The SMILES string of the molecule is CC(=O)NCCCCCC(=O)NCc1cccc(-c2ccc([C@@H]3O[C@H](CN4CCC(O)(c5ccc(Cl)cc5)CC4)C[C@H](c4ccc(CO)cc4)O3)cc2)c1. The molecule has 0 spiro atoms. The van der Waals surface area contributed by atoms with E-state index >= 15 is 0 Å². The maximum absolute atomic E-state index is 12.4. The zero-order chi connectivity index (χ0) is 37.9. The standard InChI is InChI=1S/C44H52ClN3O6/c1-31(50)46-23-4-2-3-8-42(51)47-28-33-6-5-7-37(26-33)34-13-15-36(16-14-34)43-53-40(27-41(54-43)35-11-9-32(30-49)10-12-35)29-48-24-21-44(52,22-25-48)38-17-19-39(45)20-18-38/h5-7,9-20,26,40-41,43,49,52H,2-4,8,21-25,27-30H2,1H3,(H,46,50)(H,47,51)/t40-,41+,43+/m0/s1. The second-order valence-corrected chi connectivity index (χ2v) is 15.0. The highest BCUT2D eigenvalue weighted by atomic mass is 35.5. The molecule has 2 saturated heterocycles. The highest BCUT2D eigenvalue weighted by Gasteiger charge is 2.37. The van der Waals surface area contributed by atoms with Crippen LogP contribution in [0.3, 0.4) is 0 Å². The summed E-state index contributed by atoms with van der Waals surface area (Å²) in [7, 11) is 0. The van der Waals surface area contributed by atoms with Gasteiger partial charge >= 0.3 is 0 Å². The number of hydrogen-bond donors (Lipinski definition) is 4. The fraction of sp³-hybridized carbons (Fsp3) is 0.409. The van der Waals surface area contributed by atoms with Crippen LogP contribution in [0, 0.1) is 0 Å². The first-order chi connectivity index (χ1) is 26.2. The maximum Gasteiger partial charge on any atom is 0.220 e. The number of piperidine rings is 1. The number of likely N-dealkylation sites (tertiary alicyclic amines) is 1. The number of ether oxygens (including phenoxy) is 2. The molecule has 0 saturated carbocycles. The van der Waals surface area contributed by atoms with Gasteiger partial charge < -0.3 is 35.2 Å². The third-order valence-electron chi connectivity index (χ3n) is 10.5. The summed E-state index contributed by atoms with van der Waals surface area (Å²) < 4.78 is 13.3. The Morgan fingerprint density at radius 1 is 0.833 bits per heavy atom. The normalized spacial score (nSPS) is 20.0. The number of amides is 2. The lowest BCUT2D eigenvalue weighted by molar-refractivity contribution is -0.253. The molecular weight excluding hydrogens is 702 g/mol. The minimum Gasteiger partial charge on any atom is -0.392 e. The summed E-state index contributed by atoms with van der Waals surface area (Å²) in [6, 6.07) is 31.9. The number of carbonyl (C=O) groups is 2. The van der Waals surface area contributed by atoms with Crippen molar-refractivity contribution in [3.63, 3.8) is 0 Å². The van der Waals surface area contributed by atoms with Crippen LogP contribution < -0.4 is 10.6 Å². The molecule has 0 bridgehead atoms. The first-order valence-corrected chi connectivity index (χ1v) is 19.5. The number of halogens is 1. The molecule has 0 aromatic heterocycles. The Kier molecular flexibility index (Phi) is 13.9. The van der Waals surface area contributed by atoms with Gasteiger partial charge in [-0.15, -0.1) is 0 Å². The minimum absolute atomic E-state index is 0.00950. The van der Waals surface area contributed by atoms with Gasteiger partial charge in [-0.05, 0) is 77.3 Å². The predicted molar refractivity (Wildman–Crippen MR) is 210 cm³/mol. The van der Waals surface area contributed by atoms with Crippen LogP contribution >= 0.6 is 11.6 Å². The number of nitrogens with zero attached hydrogens (tertiary/aromatic N) is 1. The van der Waals surface area contributed by atoms with Crippen LogP contribution in [0.5, 0.6) is 0 Å². The zero-order valence-electron chi connectivity index (χ0n) is 31.0. The molecule has 2 amide bonds. The molecule has 0 radical (unpaired) electrons. The largest absolute Gasteiger partial charge is 0.392 e. The van der Waals surface area contributed by atoms with Crippen molar-refractivity contribution in [3.05, 3.63) is 130 Å². The minimum atomic E-state index is -0.872. The number of aliphatic hydroxyl groups is 2. The fourth-order valence-electron chi connectivity index (χ4n) is 7.31. The molecule has 9 nitrogen and oxygen atoms in total. The maximum atomic E-state index is 12.4. The topological polar surface area (TPSA) is 120 Å². The van der Waals surface area contributed by atoms with Gasteiger partial charge in [0, 0.05) is 63.1 Å². The third kappa shape index (κ3) is 11.0. The van der Waals surface area contributed by atoms with E-state index in [9.17, 15) is 19.8 Å². The molecule has 6 rings (SSSR count). The highest BCUT2D eigenvalue weighted by Crippen LogP contribution is 2.40. The van der Waals surface area contributed by atoms with E-state index < -0.39 is 11.9 Å². The van der Waals surface area contributed by atoms with Crippen molar-refractivity contribution in [2.24, 2.45) is 0 Å². The summed E-state index contributed by atoms with van der Waals surface area (Å²) in [5.74, 6) is -0.00281. The molecule has 0 unspecified atom stereocenters. The van der Waals surface area contributed by atoms with Gasteiger partial charge in [0.05, 0.1) is 24.4 Å². The second-order valence-electron chi connectivity index (χ2n) is 14.6. The summed E-state index contributed by atoms with van der Waals surface area (Å²) in [6.45, 7) is 4.82. The van der Waals surface area contributed by atoms with Gasteiger partial charge in [-0.3, -0.25) is 9.59 Å². The van der Waals surface area contributed by atoms with Crippen molar-refractivity contribution in [2.45, 2.75) is 89.1 Å². The molecule has 54 heavy (non-hydrogen) atoms. The van der Waals surface area contributed by atoms with Gasteiger partial charge in [0.1, 0.15) is 0 Å². The molecule has 4 aromatic carbocycles. The van der Waals surface area contributed by atoms with Crippen LogP contribution in [0.1, 0.15) is 92.1 Å². The molecule has 4 aromatic rings. The van der Waals surface area contributed by atoms with Crippen molar-refractivity contribution < 1.29 is 29.3 Å². The summed E-state index contributed by atoms with van der Waals surface area (Å²) >= 11 is 6.10. The molecule has 286 valence electrons. The third-order valence-corrected chi connectivity index (χ3v) is 10.8. The molecular formula is C44H52ClN3O6. The number of rotatable bonds is 15. The Morgan fingerprint density at radius 2 is 1.56 bits per heavy atom.